The van der Waals surface area contributed by atoms with Crippen LogP contribution < -0.4 is 5.32 Å². The van der Waals surface area contributed by atoms with Crippen LogP contribution in [0.1, 0.15) is 18.4 Å². The summed E-state index contributed by atoms with van der Waals surface area (Å²) in [7, 11) is 1.66. The van der Waals surface area contributed by atoms with Gasteiger partial charge >= 0.3 is 0 Å². The van der Waals surface area contributed by atoms with Gasteiger partial charge in [-0.25, -0.2) is 0 Å². The van der Waals surface area contributed by atoms with E-state index in [9.17, 15) is 0 Å². The number of unbranched alkanes of at least 4 members (excludes halogenated alkanes) is 1. The van der Waals surface area contributed by atoms with Crippen LogP contribution in [0.25, 0.3) is 0 Å². The Morgan fingerprint density at radius 1 is 1.26 bits per heavy atom. The van der Waals surface area contributed by atoms with Crippen molar-refractivity contribution in [2.75, 3.05) is 38.8 Å². The number of benzene rings is 1. The Labute approximate surface area is 119 Å². The van der Waals surface area contributed by atoms with E-state index in [1.807, 2.05) is 6.07 Å². The molecular weight excluding hydrogens is 264 g/mol. The third kappa shape index (κ3) is 6.44. The maximum absolute atomic E-state index is 8.99. The maximum atomic E-state index is 8.99. The normalized spacial score (nSPS) is 10.2. The van der Waals surface area contributed by atoms with Crippen molar-refractivity contribution in [1.82, 2.24) is 0 Å². The summed E-state index contributed by atoms with van der Waals surface area (Å²) in [6, 6.07) is 7.40. The van der Waals surface area contributed by atoms with Gasteiger partial charge in [0.15, 0.2) is 0 Å². The largest absolute Gasteiger partial charge is 0.384 e. The fraction of sp³-hybridized carbons (Fsp3) is 0.500. The molecule has 104 valence electrons. The van der Waals surface area contributed by atoms with Crippen molar-refractivity contribution < 1.29 is 9.47 Å². The monoisotopic (exact) mass is 282 g/mol. The number of methoxy groups -OCH3 is 1. The van der Waals surface area contributed by atoms with E-state index in [2.05, 4.69) is 11.4 Å². The predicted octanol–water partition coefficient (Wildman–Crippen LogP) is 3.07. The first-order valence-corrected chi connectivity index (χ1v) is 6.66. The lowest BCUT2D eigenvalue weighted by molar-refractivity contribution is 0.0691. The third-order valence-corrected chi connectivity index (χ3v) is 2.80. The van der Waals surface area contributed by atoms with Gasteiger partial charge in [0.25, 0.3) is 0 Å². The van der Waals surface area contributed by atoms with Crippen LogP contribution in [-0.4, -0.2) is 33.5 Å². The van der Waals surface area contributed by atoms with E-state index in [4.69, 9.17) is 26.3 Å². The average Bonchev–Trinajstić information content (AvgIpc) is 2.43. The maximum Gasteiger partial charge on any atom is 0.101 e. The average molecular weight is 283 g/mol. The molecule has 1 aromatic rings. The second kappa shape index (κ2) is 9.62. The van der Waals surface area contributed by atoms with Crippen molar-refractivity contribution in [3.05, 3.63) is 28.8 Å². The van der Waals surface area contributed by atoms with E-state index >= 15 is 0 Å². The molecular formula is C14H19ClN2O2. The Balaban J connectivity index is 2.18. The van der Waals surface area contributed by atoms with Gasteiger partial charge in [-0.2, -0.15) is 5.26 Å². The standard InChI is InChI=1S/C14H19ClN2O2/c1-18-8-9-19-7-3-2-6-17-14-5-4-13(15)10-12(14)11-16/h4-5,10,17H,2-3,6-9H2,1H3. The summed E-state index contributed by atoms with van der Waals surface area (Å²) >= 11 is 5.83. The highest BCUT2D eigenvalue weighted by molar-refractivity contribution is 6.30. The minimum atomic E-state index is 0.573. The van der Waals surface area contributed by atoms with Crippen LogP contribution in [0.4, 0.5) is 5.69 Å². The summed E-state index contributed by atoms with van der Waals surface area (Å²) in [6.07, 6.45) is 1.96. The molecule has 0 aliphatic heterocycles. The number of anilines is 1. The molecule has 0 amide bonds. The van der Waals surface area contributed by atoms with Crippen LogP contribution in [-0.2, 0) is 9.47 Å². The second-order valence-electron chi connectivity index (χ2n) is 4.04. The molecule has 0 bridgehead atoms. The van der Waals surface area contributed by atoms with E-state index in [1.54, 1.807) is 19.2 Å². The van der Waals surface area contributed by atoms with Crippen molar-refractivity contribution >= 4 is 17.3 Å². The zero-order chi connectivity index (χ0) is 13.9. The van der Waals surface area contributed by atoms with Crippen LogP contribution in [0.2, 0.25) is 5.02 Å². The molecule has 0 radical (unpaired) electrons. The number of nitrogens with one attached hydrogen (secondary N) is 1. The third-order valence-electron chi connectivity index (χ3n) is 2.56. The topological polar surface area (TPSA) is 54.3 Å². The Morgan fingerprint density at radius 3 is 2.84 bits per heavy atom. The number of hydrogen-bond acceptors (Lipinski definition) is 4. The van der Waals surface area contributed by atoms with Crippen LogP contribution in [0, 0.1) is 11.3 Å². The summed E-state index contributed by atoms with van der Waals surface area (Å²) in [4.78, 5) is 0. The summed E-state index contributed by atoms with van der Waals surface area (Å²) in [5, 5.41) is 12.8. The first-order chi connectivity index (χ1) is 9.27. The van der Waals surface area contributed by atoms with Gasteiger partial charge in [0.2, 0.25) is 0 Å². The quantitative estimate of drug-likeness (QED) is 0.707. The molecule has 0 aliphatic carbocycles. The SMILES string of the molecule is COCCOCCCCNc1ccc(Cl)cc1C#N. The van der Waals surface area contributed by atoms with E-state index in [0.717, 1.165) is 31.7 Å². The van der Waals surface area contributed by atoms with Crippen LogP contribution in [0.15, 0.2) is 18.2 Å². The smallest absolute Gasteiger partial charge is 0.101 e. The highest BCUT2D eigenvalue weighted by Gasteiger charge is 2.01. The molecule has 0 atom stereocenters. The number of hydrogen-bond donors (Lipinski definition) is 1. The van der Waals surface area contributed by atoms with Gasteiger partial charge in [0.05, 0.1) is 24.5 Å². The zero-order valence-corrected chi connectivity index (χ0v) is 11.9. The lowest BCUT2D eigenvalue weighted by atomic mass is 10.2. The molecule has 0 saturated heterocycles. The highest BCUT2D eigenvalue weighted by atomic mass is 35.5. The molecule has 1 N–H and O–H groups in total. The first kappa shape index (κ1) is 15.8. The molecule has 0 unspecified atom stereocenters. The minimum Gasteiger partial charge on any atom is -0.384 e. The fourth-order valence-corrected chi connectivity index (χ4v) is 1.73. The first-order valence-electron chi connectivity index (χ1n) is 6.28. The molecule has 0 heterocycles. The van der Waals surface area contributed by atoms with Crippen molar-refractivity contribution in [2.24, 2.45) is 0 Å². The Kier molecular flexibility index (Phi) is 7.99. The Hall–Kier alpha value is -1.28. The number of nitrogens with zero attached hydrogens (tertiary/aromatic N) is 1. The van der Waals surface area contributed by atoms with E-state index in [1.165, 1.54) is 0 Å². The minimum absolute atomic E-state index is 0.573. The van der Waals surface area contributed by atoms with Gasteiger partial charge in [-0.15, -0.1) is 0 Å². The number of rotatable bonds is 9. The second-order valence-corrected chi connectivity index (χ2v) is 4.48. The molecule has 0 aliphatic rings. The summed E-state index contributed by atoms with van der Waals surface area (Å²) in [5.74, 6) is 0. The Bertz CT molecular complexity index is 418. The highest BCUT2D eigenvalue weighted by Crippen LogP contribution is 2.19. The van der Waals surface area contributed by atoms with Gasteiger partial charge in [0.1, 0.15) is 6.07 Å². The van der Waals surface area contributed by atoms with E-state index in [0.29, 0.717) is 23.8 Å². The molecule has 0 aromatic heterocycles. The summed E-state index contributed by atoms with van der Waals surface area (Å²) in [6.45, 7) is 2.81. The van der Waals surface area contributed by atoms with Crippen LogP contribution in [0.3, 0.4) is 0 Å². The fourth-order valence-electron chi connectivity index (χ4n) is 1.56. The summed E-state index contributed by atoms with van der Waals surface area (Å²) in [5.41, 5.74) is 1.40. The predicted molar refractivity (Wildman–Crippen MR) is 76.6 cm³/mol. The van der Waals surface area contributed by atoms with Gasteiger partial charge in [-0.1, -0.05) is 11.6 Å². The van der Waals surface area contributed by atoms with Crippen LogP contribution >= 0.6 is 11.6 Å². The Morgan fingerprint density at radius 2 is 2.11 bits per heavy atom. The molecule has 19 heavy (non-hydrogen) atoms. The zero-order valence-electron chi connectivity index (χ0n) is 11.1. The lowest BCUT2D eigenvalue weighted by Crippen LogP contribution is -2.06. The van der Waals surface area contributed by atoms with Crippen molar-refractivity contribution in [3.63, 3.8) is 0 Å². The van der Waals surface area contributed by atoms with E-state index in [-0.39, 0.29) is 0 Å². The molecule has 5 heteroatoms. The van der Waals surface area contributed by atoms with Gasteiger partial charge in [-0.3, -0.25) is 0 Å². The number of halogens is 1. The van der Waals surface area contributed by atoms with Gasteiger partial charge in [0, 0.05) is 25.3 Å². The van der Waals surface area contributed by atoms with Crippen molar-refractivity contribution in [2.45, 2.75) is 12.8 Å². The molecule has 0 saturated carbocycles. The number of nitriles is 1. The molecule has 1 aromatic carbocycles. The van der Waals surface area contributed by atoms with Gasteiger partial charge in [-0.05, 0) is 31.0 Å². The molecule has 0 spiro atoms. The molecule has 1 rings (SSSR count). The van der Waals surface area contributed by atoms with Crippen molar-refractivity contribution in [3.8, 4) is 6.07 Å². The lowest BCUT2D eigenvalue weighted by Gasteiger charge is -2.08. The summed E-state index contributed by atoms with van der Waals surface area (Å²) < 4.78 is 10.2. The molecule has 0 fully saturated rings. The van der Waals surface area contributed by atoms with E-state index < -0.39 is 0 Å². The van der Waals surface area contributed by atoms with Crippen molar-refractivity contribution in [1.29, 1.82) is 5.26 Å². The number of ether oxygens (including phenoxy) is 2. The molecule has 4 nitrogen and oxygen atoms in total. The van der Waals surface area contributed by atoms with Gasteiger partial charge < -0.3 is 14.8 Å². The van der Waals surface area contributed by atoms with Crippen LogP contribution in [0.5, 0.6) is 0 Å².